The molecule has 3 heteroatoms. The molecule has 0 amide bonds. The zero-order valence-corrected chi connectivity index (χ0v) is 10.6. The van der Waals surface area contributed by atoms with Crippen LogP contribution < -0.4 is 0 Å². The van der Waals surface area contributed by atoms with Crippen molar-refractivity contribution in [2.75, 3.05) is 11.5 Å². The summed E-state index contributed by atoms with van der Waals surface area (Å²) in [6.07, 6.45) is 12.5. The maximum Gasteiger partial charge on any atom is 0.151 e. The Kier molecular flexibility index (Phi) is 2.26. The normalized spacial score (nSPS) is 45.8. The van der Waals surface area contributed by atoms with E-state index < -0.39 is 9.84 Å². The minimum Gasteiger partial charge on any atom is -0.229 e. The minimum absolute atomic E-state index is 0.108. The molecule has 2 fully saturated rings. The van der Waals surface area contributed by atoms with Crippen molar-refractivity contribution in [3.05, 3.63) is 12.2 Å². The number of hydrogen-bond acceptors (Lipinski definition) is 2. The number of hydrogen-bond donors (Lipinski definition) is 0. The summed E-state index contributed by atoms with van der Waals surface area (Å²) < 4.78 is 24.1. The topological polar surface area (TPSA) is 34.1 Å². The number of rotatable bonds is 0. The van der Waals surface area contributed by atoms with E-state index in [4.69, 9.17) is 0 Å². The van der Waals surface area contributed by atoms with E-state index in [1.807, 2.05) is 0 Å². The standard InChI is InChI=1S/C13H20O2S/c14-16(15)10-12-6-2-1-3-7-13(12,11-16)9-5-4-8-12/h4-5H,1-3,6-11H2/t12-,13-/m1/s1. The molecule has 0 aromatic heterocycles. The molecule has 0 aromatic carbocycles. The smallest absolute Gasteiger partial charge is 0.151 e. The van der Waals surface area contributed by atoms with Crippen molar-refractivity contribution in [1.29, 1.82) is 0 Å². The van der Waals surface area contributed by atoms with Crippen molar-refractivity contribution >= 4 is 9.84 Å². The molecule has 0 N–H and O–H groups in total. The van der Waals surface area contributed by atoms with Gasteiger partial charge in [-0.05, 0) is 36.5 Å². The summed E-state index contributed by atoms with van der Waals surface area (Å²) in [5.74, 6) is 0.925. The highest BCUT2D eigenvalue weighted by Gasteiger charge is 2.59. The van der Waals surface area contributed by atoms with Crippen LogP contribution in [-0.4, -0.2) is 19.9 Å². The van der Waals surface area contributed by atoms with Crippen molar-refractivity contribution in [1.82, 2.24) is 0 Å². The lowest BCUT2D eigenvalue weighted by atomic mass is 9.57. The predicted molar refractivity (Wildman–Crippen MR) is 65.0 cm³/mol. The molecule has 3 aliphatic rings. The van der Waals surface area contributed by atoms with Crippen LogP contribution >= 0.6 is 0 Å². The molecule has 16 heavy (non-hydrogen) atoms. The molecule has 0 spiro atoms. The van der Waals surface area contributed by atoms with Crippen LogP contribution in [0.5, 0.6) is 0 Å². The summed E-state index contributed by atoms with van der Waals surface area (Å²) in [7, 11) is -2.79. The second-order valence-electron chi connectivity index (χ2n) is 6.03. The molecule has 90 valence electrons. The van der Waals surface area contributed by atoms with Crippen molar-refractivity contribution < 1.29 is 8.42 Å². The van der Waals surface area contributed by atoms with Crippen molar-refractivity contribution in [3.63, 3.8) is 0 Å². The molecule has 0 radical (unpaired) electrons. The van der Waals surface area contributed by atoms with Gasteiger partial charge >= 0.3 is 0 Å². The van der Waals surface area contributed by atoms with Crippen LogP contribution in [0.25, 0.3) is 0 Å². The van der Waals surface area contributed by atoms with Gasteiger partial charge in [0.15, 0.2) is 9.84 Å². The summed E-state index contributed by atoms with van der Waals surface area (Å²) in [5.41, 5.74) is 0.216. The Labute approximate surface area is 98.0 Å². The highest BCUT2D eigenvalue weighted by Crippen LogP contribution is 2.61. The first kappa shape index (κ1) is 10.8. The zero-order chi connectivity index (χ0) is 11.3. The first-order valence-corrected chi connectivity index (χ1v) is 8.25. The van der Waals surface area contributed by atoms with Crippen LogP contribution in [0, 0.1) is 10.8 Å². The summed E-state index contributed by atoms with van der Waals surface area (Å²) in [4.78, 5) is 0. The van der Waals surface area contributed by atoms with E-state index in [0.717, 1.165) is 25.7 Å². The lowest BCUT2D eigenvalue weighted by molar-refractivity contribution is 0.0785. The molecule has 2 aliphatic carbocycles. The number of sulfone groups is 1. The fourth-order valence-corrected chi connectivity index (χ4v) is 7.27. The van der Waals surface area contributed by atoms with Crippen LogP contribution in [0.3, 0.4) is 0 Å². The van der Waals surface area contributed by atoms with Crippen LogP contribution in [0.15, 0.2) is 12.2 Å². The lowest BCUT2D eigenvalue weighted by Gasteiger charge is -2.45. The summed E-state index contributed by atoms with van der Waals surface area (Å²) in [5, 5.41) is 0. The molecular formula is C13H20O2S. The van der Waals surface area contributed by atoms with Crippen molar-refractivity contribution in [3.8, 4) is 0 Å². The van der Waals surface area contributed by atoms with Crippen LogP contribution in [0.4, 0.5) is 0 Å². The fraction of sp³-hybridized carbons (Fsp3) is 0.846. The van der Waals surface area contributed by atoms with E-state index >= 15 is 0 Å². The Hall–Kier alpha value is -0.310. The lowest BCUT2D eigenvalue weighted by Crippen LogP contribution is -2.41. The minimum atomic E-state index is -2.79. The summed E-state index contributed by atoms with van der Waals surface area (Å²) in [6, 6.07) is 0. The van der Waals surface area contributed by atoms with Gasteiger partial charge in [0.05, 0.1) is 11.5 Å². The third kappa shape index (κ3) is 1.40. The monoisotopic (exact) mass is 240 g/mol. The van der Waals surface area contributed by atoms with Crippen LogP contribution in [0.1, 0.15) is 44.9 Å². The van der Waals surface area contributed by atoms with E-state index in [1.165, 1.54) is 19.3 Å². The van der Waals surface area contributed by atoms with E-state index in [2.05, 4.69) is 12.2 Å². The third-order valence-corrected chi connectivity index (χ3v) is 7.10. The molecule has 0 aromatic rings. The first-order chi connectivity index (χ1) is 7.58. The van der Waals surface area contributed by atoms with E-state index in [-0.39, 0.29) is 10.8 Å². The molecule has 1 heterocycles. The van der Waals surface area contributed by atoms with Crippen molar-refractivity contribution in [2.45, 2.75) is 44.9 Å². The van der Waals surface area contributed by atoms with Gasteiger partial charge in [-0.2, -0.15) is 0 Å². The maximum absolute atomic E-state index is 12.0. The number of allylic oxidation sites excluding steroid dienone is 2. The second-order valence-corrected chi connectivity index (χ2v) is 8.10. The maximum atomic E-state index is 12.0. The predicted octanol–water partition coefficient (Wildman–Crippen LogP) is 2.70. The van der Waals surface area contributed by atoms with E-state index in [0.29, 0.717) is 11.5 Å². The molecule has 1 aliphatic heterocycles. The molecule has 0 unspecified atom stereocenters. The highest BCUT2D eigenvalue weighted by atomic mass is 32.2. The molecule has 0 bridgehead atoms. The Balaban J connectivity index is 2.10. The van der Waals surface area contributed by atoms with E-state index in [9.17, 15) is 8.42 Å². The van der Waals surface area contributed by atoms with E-state index in [1.54, 1.807) is 0 Å². The Bertz CT molecular complexity index is 391. The quantitative estimate of drug-likeness (QED) is 0.610. The Morgan fingerprint density at radius 1 is 0.812 bits per heavy atom. The van der Waals surface area contributed by atoms with Gasteiger partial charge in [0.1, 0.15) is 0 Å². The first-order valence-electron chi connectivity index (χ1n) is 6.43. The molecule has 2 atom stereocenters. The largest absolute Gasteiger partial charge is 0.229 e. The van der Waals surface area contributed by atoms with Gasteiger partial charge in [-0.25, -0.2) is 8.42 Å². The average molecular weight is 240 g/mol. The third-order valence-electron chi connectivity index (χ3n) is 5.11. The molecule has 1 saturated carbocycles. The zero-order valence-electron chi connectivity index (χ0n) is 9.74. The van der Waals surface area contributed by atoms with Gasteiger partial charge in [-0.3, -0.25) is 0 Å². The van der Waals surface area contributed by atoms with Gasteiger partial charge in [-0.1, -0.05) is 31.4 Å². The Morgan fingerprint density at radius 2 is 1.31 bits per heavy atom. The van der Waals surface area contributed by atoms with Gasteiger partial charge in [0, 0.05) is 0 Å². The fourth-order valence-electron chi connectivity index (χ4n) is 4.35. The average Bonchev–Trinajstić information content (AvgIpc) is 2.33. The van der Waals surface area contributed by atoms with Crippen LogP contribution in [-0.2, 0) is 9.84 Å². The van der Waals surface area contributed by atoms with Gasteiger partial charge in [0.25, 0.3) is 0 Å². The molecular weight excluding hydrogens is 220 g/mol. The Morgan fingerprint density at radius 3 is 1.81 bits per heavy atom. The van der Waals surface area contributed by atoms with Crippen LogP contribution in [0.2, 0.25) is 0 Å². The van der Waals surface area contributed by atoms with Gasteiger partial charge in [0.2, 0.25) is 0 Å². The van der Waals surface area contributed by atoms with Gasteiger partial charge < -0.3 is 0 Å². The van der Waals surface area contributed by atoms with Crippen molar-refractivity contribution in [2.24, 2.45) is 10.8 Å². The molecule has 1 saturated heterocycles. The molecule has 2 nitrogen and oxygen atoms in total. The SMILES string of the molecule is O=S1(=O)C[C@@]23CC=CC[C@]2(CCCCC3)C1. The molecule has 3 rings (SSSR count). The summed E-state index contributed by atoms with van der Waals surface area (Å²) in [6.45, 7) is 0. The van der Waals surface area contributed by atoms with Gasteiger partial charge in [-0.15, -0.1) is 0 Å². The summed E-state index contributed by atoms with van der Waals surface area (Å²) >= 11 is 0. The second kappa shape index (κ2) is 3.34. The highest BCUT2D eigenvalue weighted by molar-refractivity contribution is 7.91.